The van der Waals surface area contributed by atoms with Gasteiger partial charge < -0.3 is 9.55 Å². The van der Waals surface area contributed by atoms with Crippen LogP contribution < -0.4 is 0 Å². The smallest absolute Gasteiger partial charge is 0.121 e. The molecule has 0 spiro atoms. The molecule has 100 valence electrons. The van der Waals surface area contributed by atoms with Gasteiger partial charge in [0, 0.05) is 30.2 Å². The number of aryl methyl sites for hydroxylation is 1. The summed E-state index contributed by atoms with van der Waals surface area (Å²) in [5, 5.41) is 11.0. The number of H-pyrrole nitrogens is 1. The largest absolute Gasteiger partial charge is 0.350 e. The number of nitrogens with zero attached hydrogens (tertiary/aromatic N) is 5. The van der Waals surface area contributed by atoms with Crippen molar-refractivity contribution in [2.75, 3.05) is 0 Å². The second-order valence-electron chi connectivity index (χ2n) is 5.12. The van der Waals surface area contributed by atoms with Gasteiger partial charge in [0.2, 0.25) is 0 Å². The molecule has 6 nitrogen and oxygen atoms in total. The van der Waals surface area contributed by atoms with Crippen LogP contribution in [0.5, 0.6) is 0 Å². The summed E-state index contributed by atoms with van der Waals surface area (Å²) in [6.45, 7) is 0. The minimum atomic E-state index is 0.874. The van der Waals surface area contributed by atoms with Gasteiger partial charge in [-0.3, -0.25) is 9.97 Å². The minimum absolute atomic E-state index is 0.874. The van der Waals surface area contributed by atoms with Crippen LogP contribution in [-0.2, 0) is 7.05 Å². The van der Waals surface area contributed by atoms with Crippen LogP contribution in [-0.4, -0.2) is 29.7 Å². The minimum Gasteiger partial charge on any atom is -0.350 e. The maximum absolute atomic E-state index is 4.44. The molecule has 0 atom stereocenters. The summed E-state index contributed by atoms with van der Waals surface area (Å²) in [5.41, 5.74) is 5.81. The third kappa shape index (κ3) is 1.22. The van der Waals surface area contributed by atoms with Gasteiger partial charge in [0.1, 0.15) is 11.0 Å². The molecule has 21 heavy (non-hydrogen) atoms. The molecule has 0 aliphatic carbocycles. The first kappa shape index (κ1) is 10.7. The predicted molar refractivity (Wildman–Crippen MR) is 81.0 cm³/mol. The molecular formula is C15H10N6. The Morgan fingerprint density at radius 3 is 2.62 bits per heavy atom. The van der Waals surface area contributed by atoms with Crippen LogP contribution in [0.15, 0.2) is 36.9 Å². The average molecular weight is 274 g/mol. The SMILES string of the molecule is Cn1c2cnccc2c2nnc3c4ccncc4[nH]c3c21. The van der Waals surface area contributed by atoms with E-state index in [9.17, 15) is 0 Å². The zero-order valence-electron chi connectivity index (χ0n) is 11.2. The van der Waals surface area contributed by atoms with Crippen molar-refractivity contribution in [3.63, 3.8) is 0 Å². The standard InChI is InChI=1S/C15H10N6/c1-21-11-7-17-5-3-9(11)13-15(21)14-12(19-20-13)8-2-4-16-6-10(8)18-14/h2-7,18H,1H3. The Morgan fingerprint density at radius 2 is 1.71 bits per heavy atom. The lowest BCUT2D eigenvalue weighted by Gasteiger charge is -1.97. The normalized spacial score (nSPS) is 12.0. The zero-order chi connectivity index (χ0) is 14.0. The maximum atomic E-state index is 4.44. The molecule has 6 heteroatoms. The molecule has 5 aromatic rings. The highest BCUT2D eigenvalue weighted by Gasteiger charge is 2.16. The molecule has 1 N–H and O–H groups in total. The van der Waals surface area contributed by atoms with Gasteiger partial charge in [-0.05, 0) is 12.1 Å². The number of hydrogen-bond donors (Lipinski definition) is 1. The van der Waals surface area contributed by atoms with Crippen LogP contribution in [0.4, 0.5) is 0 Å². The first-order valence-corrected chi connectivity index (χ1v) is 6.65. The Morgan fingerprint density at radius 1 is 0.952 bits per heavy atom. The third-order valence-corrected chi connectivity index (χ3v) is 4.04. The maximum Gasteiger partial charge on any atom is 0.121 e. The summed E-state index contributed by atoms with van der Waals surface area (Å²) in [7, 11) is 2.03. The van der Waals surface area contributed by atoms with Crippen LogP contribution in [0.3, 0.4) is 0 Å². The van der Waals surface area contributed by atoms with Gasteiger partial charge in [0.25, 0.3) is 0 Å². The van der Waals surface area contributed by atoms with Crippen LogP contribution in [0.1, 0.15) is 0 Å². The fourth-order valence-electron chi connectivity index (χ4n) is 3.05. The van der Waals surface area contributed by atoms with E-state index in [1.165, 1.54) is 0 Å². The molecule has 0 unspecified atom stereocenters. The van der Waals surface area contributed by atoms with E-state index in [1.807, 2.05) is 31.6 Å². The monoisotopic (exact) mass is 274 g/mol. The Hall–Kier alpha value is -3.02. The number of hydrogen-bond acceptors (Lipinski definition) is 4. The van der Waals surface area contributed by atoms with Crippen LogP contribution in [0.2, 0.25) is 0 Å². The van der Waals surface area contributed by atoms with Crippen molar-refractivity contribution in [1.82, 2.24) is 29.7 Å². The lowest BCUT2D eigenvalue weighted by atomic mass is 10.2. The van der Waals surface area contributed by atoms with Crippen molar-refractivity contribution in [1.29, 1.82) is 0 Å². The second kappa shape index (κ2) is 3.54. The van der Waals surface area contributed by atoms with Gasteiger partial charge in [-0.1, -0.05) is 0 Å². The summed E-state index contributed by atoms with van der Waals surface area (Å²) in [6.07, 6.45) is 7.22. The first-order chi connectivity index (χ1) is 10.3. The first-order valence-electron chi connectivity index (χ1n) is 6.65. The second-order valence-corrected chi connectivity index (χ2v) is 5.12. The van der Waals surface area contributed by atoms with Crippen molar-refractivity contribution in [2.45, 2.75) is 0 Å². The Kier molecular flexibility index (Phi) is 1.81. The topological polar surface area (TPSA) is 72.3 Å². The molecule has 0 saturated carbocycles. The van der Waals surface area contributed by atoms with Crippen LogP contribution in [0.25, 0.3) is 43.9 Å². The van der Waals surface area contributed by atoms with Crippen LogP contribution in [0, 0.1) is 0 Å². The third-order valence-electron chi connectivity index (χ3n) is 4.04. The zero-order valence-corrected chi connectivity index (χ0v) is 11.2. The molecule has 0 aliphatic rings. The molecule has 0 aromatic carbocycles. The molecule has 0 radical (unpaired) electrons. The molecule has 0 bridgehead atoms. The highest BCUT2D eigenvalue weighted by Crippen LogP contribution is 2.32. The van der Waals surface area contributed by atoms with Crippen molar-refractivity contribution >= 4 is 43.9 Å². The lowest BCUT2D eigenvalue weighted by molar-refractivity contribution is 1.01. The Bertz CT molecular complexity index is 1150. The molecule has 5 aromatic heterocycles. The van der Waals surface area contributed by atoms with Gasteiger partial charge in [0.05, 0.1) is 34.5 Å². The van der Waals surface area contributed by atoms with E-state index in [0.717, 1.165) is 43.9 Å². The Balaban J connectivity index is 2.14. The molecular weight excluding hydrogens is 264 g/mol. The fraction of sp³-hybridized carbons (Fsp3) is 0.0667. The number of nitrogens with one attached hydrogen (secondary N) is 1. The summed E-state index contributed by atoms with van der Waals surface area (Å²) >= 11 is 0. The van der Waals surface area contributed by atoms with E-state index in [1.54, 1.807) is 12.4 Å². The molecule has 0 amide bonds. The number of rotatable bonds is 0. The van der Waals surface area contributed by atoms with E-state index in [2.05, 4.69) is 29.7 Å². The quantitative estimate of drug-likeness (QED) is 0.471. The highest BCUT2D eigenvalue weighted by molar-refractivity contribution is 6.18. The van der Waals surface area contributed by atoms with Crippen molar-refractivity contribution in [3.8, 4) is 0 Å². The Labute approximate surface area is 118 Å². The number of aromatic amines is 1. The van der Waals surface area contributed by atoms with Gasteiger partial charge in [-0.15, -0.1) is 10.2 Å². The van der Waals surface area contributed by atoms with E-state index in [0.29, 0.717) is 0 Å². The predicted octanol–water partition coefficient (Wildman–Crippen LogP) is 2.55. The van der Waals surface area contributed by atoms with Crippen molar-refractivity contribution in [2.24, 2.45) is 7.05 Å². The molecule has 5 heterocycles. The van der Waals surface area contributed by atoms with Crippen molar-refractivity contribution < 1.29 is 0 Å². The van der Waals surface area contributed by atoms with Crippen LogP contribution >= 0.6 is 0 Å². The van der Waals surface area contributed by atoms with Gasteiger partial charge in [0.15, 0.2) is 0 Å². The van der Waals surface area contributed by atoms with Gasteiger partial charge in [-0.2, -0.15) is 0 Å². The molecule has 5 rings (SSSR count). The van der Waals surface area contributed by atoms with E-state index in [-0.39, 0.29) is 0 Å². The molecule has 0 saturated heterocycles. The number of fused-ring (bicyclic) bond motifs is 7. The molecule has 0 fully saturated rings. The van der Waals surface area contributed by atoms with Crippen molar-refractivity contribution in [3.05, 3.63) is 36.9 Å². The van der Waals surface area contributed by atoms with E-state index >= 15 is 0 Å². The lowest BCUT2D eigenvalue weighted by Crippen LogP contribution is -1.90. The van der Waals surface area contributed by atoms with E-state index in [4.69, 9.17) is 0 Å². The highest BCUT2D eigenvalue weighted by atomic mass is 15.1. The van der Waals surface area contributed by atoms with Gasteiger partial charge >= 0.3 is 0 Å². The summed E-state index contributed by atoms with van der Waals surface area (Å²) in [5.74, 6) is 0. The van der Waals surface area contributed by atoms with Gasteiger partial charge in [-0.25, -0.2) is 0 Å². The molecule has 0 aliphatic heterocycles. The summed E-state index contributed by atoms with van der Waals surface area (Å²) in [4.78, 5) is 11.8. The summed E-state index contributed by atoms with van der Waals surface area (Å²) in [6, 6.07) is 3.93. The van der Waals surface area contributed by atoms with E-state index < -0.39 is 0 Å². The average Bonchev–Trinajstić information content (AvgIpc) is 3.04. The fourth-order valence-corrected chi connectivity index (χ4v) is 3.05. The summed E-state index contributed by atoms with van der Waals surface area (Å²) < 4.78 is 2.11. The number of aromatic nitrogens is 6. The number of pyridine rings is 2.